The van der Waals surface area contributed by atoms with Gasteiger partial charge in [-0.05, 0) is 60.2 Å². The van der Waals surface area contributed by atoms with E-state index in [4.69, 9.17) is 0 Å². The molecule has 0 aliphatic carbocycles. The van der Waals surface area contributed by atoms with E-state index >= 15 is 0 Å². The van der Waals surface area contributed by atoms with Crippen molar-refractivity contribution >= 4 is 15.9 Å². The number of carbonyl (C=O) groups is 1. The first-order chi connectivity index (χ1) is 16.0. The minimum Gasteiger partial charge on any atom is -0.330 e. The Labute approximate surface area is 195 Å². The summed E-state index contributed by atoms with van der Waals surface area (Å²) >= 11 is 0. The molecule has 0 atom stereocenters. The summed E-state index contributed by atoms with van der Waals surface area (Å²) in [4.78, 5) is 19.6. The van der Waals surface area contributed by atoms with Gasteiger partial charge in [-0.25, -0.2) is 8.42 Å². The van der Waals surface area contributed by atoms with Crippen molar-refractivity contribution in [2.24, 2.45) is 0 Å². The summed E-state index contributed by atoms with van der Waals surface area (Å²) in [6.45, 7) is 3.96. The SMILES string of the molecule is CCc1ccc(CN(Cc2cccnc2)C(=O)c2cccc(S(=O)(=O)N3CCCC3)c2)cc1. The molecule has 3 aromatic rings. The molecule has 7 heteroatoms. The maximum Gasteiger partial charge on any atom is 0.254 e. The van der Waals surface area contributed by atoms with Crippen LogP contribution in [0.4, 0.5) is 0 Å². The van der Waals surface area contributed by atoms with Crippen molar-refractivity contribution in [3.63, 3.8) is 0 Å². The Bertz CT molecular complexity index is 1190. The van der Waals surface area contributed by atoms with Crippen LogP contribution in [0.15, 0.2) is 78.0 Å². The van der Waals surface area contributed by atoms with Crippen molar-refractivity contribution in [2.75, 3.05) is 13.1 Å². The Morgan fingerprint density at radius 2 is 1.64 bits per heavy atom. The van der Waals surface area contributed by atoms with Crippen LogP contribution in [-0.4, -0.2) is 41.6 Å². The van der Waals surface area contributed by atoms with Gasteiger partial charge in [0.2, 0.25) is 10.0 Å². The first kappa shape index (κ1) is 23.1. The molecule has 0 N–H and O–H groups in total. The van der Waals surface area contributed by atoms with Crippen molar-refractivity contribution in [1.29, 1.82) is 0 Å². The standard InChI is InChI=1S/C26H29N3O3S/c1-2-21-10-12-22(13-11-21)19-28(20-23-7-6-14-27-18-23)26(30)24-8-5-9-25(17-24)33(31,32)29-15-3-4-16-29/h5-14,17-18H,2-4,15-16,19-20H2,1H3. The molecule has 6 nitrogen and oxygen atoms in total. The fraction of sp³-hybridized carbons (Fsp3) is 0.308. The molecule has 1 fully saturated rings. The second kappa shape index (κ2) is 10.3. The summed E-state index contributed by atoms with van der Waals surface area (Å²) < 4.78 is 27.5. The number of benzene rings is 2. The molecule has 1 saturated heterocycles. The van der Waals surface area contributed by atoms with Crippen molar-refractivity contribution in [1.82, 2.24) is 14.2 Å². The van der Waals surface area contributed by atoms with Gasteiger partial charge in [0.25, 0.3) is 5.91 Å². The third-order valence-electron chi connectivity index (χ3n) is 5.97. The van der Waals surface area contributed by atoms with Crippen LogP contribution in [0.3, 0.4) is 0 Å². The Kier molecular flexibility index (Phi) is 7.20. The van der Waals surface area contributed by atoms with Crippen molar-refractivity contribution in [3.8, 4) is 0 Å². The molecule has 0 radical (unpaired) electrons. The average molecular weight is 464 g/mol. The lowest BCUT2D eigenvalue weighted by Crippen LogP contribution is -2.31. The van der Waals surface area contributed by atoms with Gasteiger partial charge in [0.1, 0.15) is 0 Å². The number of sulfonamides is 1. The van der Waals surface area contributed by atoms with Gasteiger partial charge in [-0.15, -0.1) is 0 Å². The van der Waals surface area contributed by atoms with E-state index in [0.29, 0.717) is 31.7 Å². The topological polar surface area (TPSA) is 70.6 Å². The van der Waals surface area contributed by atoms with Gasteiger partial charge in [-0.2, -0.15) is 4.31 Å². The molecular weight excluding hydrogens is 434 g/mol. The Morgan fingerprint density at radius 3 is 2.30 bits per heavy atom. The van der Waals surface area contributed by atoms with E-state index in [0.717, 1.165) is 30.4 Å². The number of carbonyl (C=O) groups excluding carboxylic acids is 1. The zero-order valence-electron chi connectivity index (χ0n) is 18.9. The Balaban J connectivity index is 1.62. The lowest BCUT2D eigenvalue weighted by atomic mass is 10.1. The van der Waals surface area contributed by atoms with Crippen LogP contribution in [0.1, 0.15) is 46.8 Å². The highest BCUT2D eigenvalue weighted by Gasteiger charge is 2.28. The van der Waals surface area contributed by atoms with E-state index < -0.39 is 10.0 Å². The summed E-state index contributed by atoms with van der Waals surface area (Å²) in [5.74, 6) is -0.211. The predicted molar refractivity (Wildman–Crippen MR) is 128 cm³/mol. The Hall–Kier alpha value is -3.03. The summed E-state index contributed by atoms with van der Waals surface area (Å²) in [6, 6.07) is 18.4. The minimum atomic E-state index is -3.59. The van der Waals surface area contributed by atoms with Gasteiger partial charge in [0, 0.05) is 44.1 Å². The highest BCUT2D eigenvalue weighted by Crippen LogP contribution is 2.23. The molecule has 0 bridgehead atoms. The number of hydrogen-bond acceptors (Lipinski definition) is 4. The van der Waals surface area contributed by atoms with Gasteiger partial charge in [0.05, 0.1) is 4.90 Å². The molecule has 2 heterocycles. The second-order valence-corrected chi connectivity index (χ2v) is 10.3. The fourth-order valence-electron chi connectivity index (χ4n) is 4.06. The zero-order chi connectivity index (χ0) is 23.3. The summed E-state index contributed by atoms with van der Waals surface area (Å²) in [7, 11) is -3.59. The van der Waals surface area contributed by atoms with Crippen LogP contribution in [0.2, 0.25) is 0 Å². The van der Waals surface area contributed by atoms with Crippen molar-refractivity contribution in [3.05, 3.63) is 95.3 Å². The highest BCUT2D eigenvalue weighted by molar-refractivity contribution is 7.89. The van der Waals surface area contributed by atoms with E-state index in [9.17, 15) is 13.2 Å². The molecule has 4 rings (SSSR count). The molecule has 1 aliphatic rings. The fourth-order valence-corrected chi connectivity index (χ4v) is 5.63. The van der Waals surface area contributed by atoms with Crippen molar-refractivity contribution < 1.29 is 13.2 Å². The minimum absolute atomic E-state index is 0.170. The van der Waals surface area contributed by atoms with E-state index in [2.05, 4.69) is 24.0 Å². The van der Waals surface area contributed by atoms with Crippen LogP contribution in [0.5, 0.6) is 0 Å². The molecule has 172 valence electrons. The Morgan fingerprint density at radius 1 is 0.939 bits per heavy atom. The predicted octanol–water partition coefficient (Wildman–Crippen LogP) is 4.27. The summed E-state index contributed by atoms with van der Waals surface area (Å²) in [5.41, 5.74) is 3.54. The molecule has 0 saturated carbocycles. The normalized spacial score (nSPS) is 14.3. The molecule has 2 aromatic carbocycles. The highest BCUT2D eigenvalue weighted by atomic mass is 32.2. The molecule has 33 heavy (non-hydrogen) atoms. The molecular formula is C26H29N3O3S. The number of aryl methyl sites for hydroxylation is 1. The van der Waals surface area contributed by atoms with E-state index in [1.54, 1.807) is 35.5 Å². The van der Waals surface area contributed by atoms with Crippen LogP contribution in [-0.2, 0) is 29.5 Å². The number of nitrogens with zero attached hydrogens (tertiary/aromatic N) is 3. The summed E-state index contributed by atoms with van der Waals surface area (Å²) in [5, 5.41) is 0. The molecule has 0 spiro atoms. The number of rotatable bonds is 8. The third kappa shape index (κ3) is 5.49. The number of pyridine rings is 1. The lowest BCUT2D eigenvalue weighted by Gasteiger charge is -2.24. The molecule has 0 unspecified atom stereocenters. The number of aromatic nitrogens is 1. The van der Waals surface area contributed by atoms with E-state index in [1.165, 1.54) is 15.9 Å². The molecule has 1 aromatic heterocycles. The van der Waals surface area contributed by atoms with Crippen LogP contribution >= 0.6 is 0 Å². The number of hydrogen-bond donors (Lipinski definition) is 0. The number of amides is 1. The van der Waals surface area contributed by atoms with Gasteiger partial charge >= 0.3 is 0 Å². The van der Waals surface area contributed by atoms with Gasteiger partial charge < -0.3 is 4.90 Å². The van der Waals surface area contributed by atoms with Gasteiger partial charge in [-0.1, -0.05) is 43.3 Å². The lowest BCUT2D eigenvalue weighted by molar-refractivity contribution is 0.0729. The second-order valence-electron chi connectivity index (χ2n) is 8.33. The largest absolute Gasteiger partial charge is 0.330 e. The van der Waals surface area contributed by atoms with Crippen LogP contribution in [0.25, 0.3) is 0 Å². The van der Waals surface area contributed by atoms with E-state index in [1.807, 2.05) is 24.3 Å². The monoisotopic (exact) mass is 463 g/mol. The maximum atomic E-state index is 13.6. The first-order valence-electron chi connectivity index (χ1n) is 11.3. The van der Waals surface area contributed by atoms with Crippen LogP contribution < -0.4 is 0 Å². The van der Waals surface area contributed by atoms with Crippen LogP contribution in [0, 0.1) is 0 Å². The molecule has 1 aliphatic heterocycles. The molecule has 1 amide bonds. The smallest absolute Gasteiger partial charge is 0.254 e. The maximum absolute atomic E-state index is 13.6. The quantitative estimate of drug-likeness (QED) is 0.500. The van der Waals surface area contributed by atoms with E-state index in [-0.39, 0.29) is 10.8 Å². The van der Waals surface area contributed by atoms with Gasteiger partial charge in [0.15, 0.2) is 0 Å². The van der Waals surface area contributed by atoms with Crippen molar-refractivity contribution in [2.45, 2.75) is 44.2 Å². The average Bonchev–Trinajstić information content (AvgIpc) is 3.40. The zero-order valence-corrected chi connectivity index (χ0v) is 19.7. The third-order valence-corrected chi connectivity index (χ3v) is 7.87. The summed E-state index contributed by atoms with van der Waals surface area (Å²) in [6.07, 6.45) is 6.14. The first-order valence-corrected chi connectivity index (χ1v) is 12.8. The van der Waals surface area contributed by atoms with Gasteiger partial charge in [-0.3, -0.25) is 9.78 Å².